The number of carbonyl (C=O) groups excluding carboxylic acids is 1. The van der Waals surface area contributed by atoms with Crippen molar-refractivity contribution < 1.29 is 4.79 Å². The zero-order valence-corrected chi connectivity index (χ0v) is 11.3. The summed E-state index contributed by atoms with van der Waals surface area (Å²) in [5, 5.41) is 2.36. The van der Waals surface area contributed by atoms with Gasteiger partial charge in [0.25, 0.3) is 0 Å². The zero-order chi connectivity index (χ0) is 13.1. The van der Waals surface area contributed by atoms with Crippen LogP contribution in [0.15, 0.2) is 10.4 Å². The zero-order valence-electron chi connectivity index (χ0n) is 9.64. The first-order valence-corrected chi connectivity index (χ1v) is 6.65. The van der Waals surface area contributed by atoms with Crippen LogP contribution in [0.3, 0.4) is 0 Å². The first-order chi connectivity index (χ1) is 7.81. The van der Waals surface area contributed by atoms with Gasteiger partial charge in [-0.2, -0.15) is 4.99 Å². The van der Waals surface area contributed by atoms with Gasteiger partial charge < -0.3 is 17.2 Å². The number of nitrogens with two attached hydrogens (primary N) is 3. The summed E-state index contributed by atoms with van der Waals surface area (Å²) in [6.07, 6.45) is 0. The van der Waals surface area contributed by atoms with Gasteiger partial charge in [0.2, 0.25) is 11.0 Å². The Hall–Kier alpha value is -1.28. The molecular formula is C9H15N5OS2. The van der Waals surface area contributed by atoms with Crippen LogP contribution in [-0.4, -0.2) is 21.6 Å². The minimum absolute atomic E-state index is 0.0176. The number of guanidine groups is 1. The molecule has 0 aliphatic rings. The molecule has 17 heavy (non-hydrogen) atoms. The molecule has 1 heterocycles. The summed E-state index contributed by atoms with van der Waals surface area (Å²) in [6.45, 7) is 3.56. The van der Waals surface area contributed by atoms with Crippen molar-refractivity contribution in [2.45, 2.75) is 24.3 Å². The number of carbonyl (C=O) groups is 1. The molecule has 94 valence electrons. The topological polar surface area (TPSA) is 120 Å². The van der Waals surface area contributed by atoms with E-state index in [1.165, 1.54) is 23.1 Å². The lowest BCUT2D eigenvalue weighted by Crippen LogP contribution is -2.34. The van der Waals surface area contributed by atoms with Gasteiger partial charge >= 0.3 is 0 Å². The Kier molecular flexibility index (Phi) is 4.35. The molecule has 0 aromatic carbocycles. The van der Waals surface area contributed by atoms with Crippen molar-refractivity contribution in [3.05, 3.63) is 11.1 Å². The average Bonchev–Trinajstić information content (AvgIpc) is 2.61. The van der Waals surface area contributed by atoms with Crippen LogP contribution in [0.1, 0.15) is 19.5 Å². The number of hydrogen-bond donors (Lipinski definition) is 3. The minimum Gasteiger partial charge on any atom is -0.370 e. The van der Waals surface area contributed by atoms with Gasteiger partial charge in [-0.05, 0) is 13.8 Å². The molecule has 0 atom stereocenters. The number of aliphatic imine (C=N–C) groups is 1. The lowest BCUT2D eigenvalue weighted by molar-refractivity contribution is -0.119. The molecule has 0 spiro atoms. The van der Waals surface area contributed by atoms with Gasteiger partial charge in [-0.15, -0.1) is 23.1 Å². The molecule has 1 aromatic heterocycles. The standard InChI is InChI=1S/C9H15N5OS2/c1-9(2,6(10)15)17-4-5-3-16-8(13-5)14-7(11)12/h3H,4H2,1-2H3,(H2,10,15)(H4,11,12,13,14). The highest BCUT2D eigenvalue weighted by molar-refractivity contribution is 8.00. The predicted octanol–water partition coefficient (Wildman–Crippen LogP) is 0.545. The summed E-state index contributed by atoms with van der Waals surface area (Å²) in [5.41, 5.74) is 16.6. The number of thiazole rings is 1. The van der Waals surface area contributed by atoms with Crippen LogP contribution in [-0.2, 0) is 10.5 Å². The quantitative estimate of drug-likeness (QED) is 0.534. The van der Waals surface area contributed by atoms with E-state index in [-0.39, 0.29) is 11.9 Å². The van der Waals surface area contributed by atoms with E-state index in [0.717, 1.165) is 5.69 Å². The van der Waals surface area contributed by atoms with E-state index in [4.69, 9.17) is 17.2 Å². The molecule has 1 amide bonds. The molecule has 0 radical (unpaired) electrons. The fourth-order valence-corrected chi connectivity index (χ4v) is 2.46. The second-order valence-corrected chi connectivity index (χ2v) is 6.26. The summed E-state index contributed by atoms with van der Waals surface area (Å²) >= 11 is 2.78. The van der Waals surface area contributed by atoms with Crippen LogP contribution in [0, 0.1) is 0 Å². The highest BCUT2D eigenvalue weighted by Crippen LogP contribution is 2.29. The van der Waals surface area contributed by atoms with Crippen LogP contribution < -0.4 is 17.2 Å². The third-order valence-corrected chi connectivity index (χ3v) is 4.08. The Morgan fingerprint density at radius 2 is 2.18 bits per heavy atom. The maximum atomic E-state index is 11.1. The summed E-state index contributed by atoms with van der Waals surface area (Å²) in [5.74, 6) is 0.227. The number of hydrogen-bond acceptors (Lipinski definition) is 5. The second-order valence-electron chi connectivity index (χ2n) is 3.82. The molecule has 8 heteroatoms. The van der Waals surface area contributed by atoms with Gasteiger partial charge in [-0.3, -0.25) is 4.79 Å². The number of primary amides is 1. The van der Waals surface area contributed by atoms with E-state index in [1.807, 2.05) is 5.38 Å². The van der Waals surface area contributed by atoms with Crippen molar-refractivity contribution in [2.75, 3.05) is 0 Å². The van der Waals surface area contributed by atoms with Crippen LogP contribution in [0.25, 0.3) is 0 Å². The van der Waals surface area contributed by atoms with Crippen molar-refractivity contribution in [1.29, 1.82) is 0 Å². The van der Waals surface area contributed by atoms with E-state index in [1.54, 1.807) is 13.8 Å². The first kappa shape index (κ1) is 13.8. The Bertz CT molecular complexity index is 436. The summed E-state index contributed by atoms with van der Waals surface area (Å²) in [7, 11) is 0. The van der Waals surface area contributed by atoms with E-state index in [2.05, 4.69) is 9.98 Å². The van der Waals surface area contributed by atoms with Crippen LogP contribution in [0.5, 0.6) is 0 Å². The number of thioether (sulfide) groups is 1. The number of amides is 1. The van der Waals surface area contributed by atoms with E-state index in [0.29, 0.717) is 10.9 Å². The normalized spacial score (nSPS) is 11.2. The average molecular weight is 273 g/mol. The van der Waals surface area contributed by atoms with Crippen molar-refractivity contribution >= 4 is 40.1 Å². The van der Waals surface area contributed by atoms with Gasteiger partial charge in [-0.1, -0.05) is 0 Å². The molecular weight excluding hydrogens is 258 g/mol. The fraction of sp³-hybridized carbons (Fsp3) is 0.444. The van der Waals surface area contributed by atoms with Gasteiger partial charge in [-0.25, -0.2) is 4.98 Å². The highest BCUT2D eigenvalue weighted by Gasteiger charge is 2.25. The minimum atomic E-state index is -0.611. The van der Waals surface area contributed by atoms with Crippen molar-refractivity contribution in [3.8, 4) is 0 Å². The number of rotatable bonds is 5. The number of nitrogens with zero attached hydrogens (tertiary/aromatic N) is 2. The maximum Gasteiger partial charge on any atom is 0.233 e. The van der Waals surface area contributed by atoms with Crippen molar-refractivity contribution in [1.82, 2.24) is 4.98 Å². The van der Waals surface area contributed by atoms with Crippen LogP contribution in [0.4, 0.5) is 5.13 Å². The lowest BCUT2D eigenvalue weighted by Gasteiger charge is -2.18. The van der Waals surface area contributed by atoms with E-state index < -0.39 is 4.75 Å². The van der Waals surface area contributed by atoms with Crippen molar-refractivity contribution in [3.63, 3.8) is 0 Å². The first-order valence-electron chi connectivity index (χ1n) is 4.79. The molecule has 0 unspecified atom stereocenters. The number of aromatic nitrogens is 1. The van der Waals surface area contributed by atoms with Gasteiger partial charge in [0.15, 0.2) is 5.96 Å². The SMILES string of the molecule is CC(C)(SCc1csc(N=C(N)N)n1)C(N)=O. The largest absolute Gasteiger partial charge is 0.370 e. The maximum absolute atomic E-state index is 11.1. The molecule has 1 rings (SSSR count). The molecule has 6 nitrogen and oxygen atoms in total. The molecule has 0 saturated heterocycles. The second kappa shape index (κ2) is 5.37. The van der Waals surface area contributed by atoms with Crippen LogP contribution >= 0.6 is 23.1 Å². The van der Waals surface area contributed by atoms with E-state index in [9.17, 15) is 4.79 Å². The molecule has 0 bridgehead atoms. The molecule has 0 saturated carbocycles. The Morgan fingerprint density at radius 1 is 1.53 bits per heavy atom. The third-order valence-electron chi connectivity index (χ3n) is 1.94. The fourth-order valence-electron chi connectivity index (χ4n) is 0.850. The summed E-state index contributed by atoms with van der Waals surface area (Å²) in [6, 6.07) is 0. The van der Waals surface area contributed by atoms with Gasteiger partial charge in [0.1, 0.15) is 0 Å². The molecule has 0 aliphatic heterocycles. The van der Waals surface area contributed by atoms with Gasteiger partial charge in [0.05, 0.1) is 10.4 Å². The van der Waals surface area contributed by atoms with Gasteiger partial charge in [0, 0.05) is 11.1 Å². The highest BCUT2D eigenvalue weighted by atomic mass is 32.2. The van der Waals surface area contributed by atoms with Crippen LogP contribution in [0.2, 0.25) is 0 Å². The molecule has 1 aromatic rings. The Labute approximate surface area is 108 Å². The van der Waals surface area contributed by atoms with E-state index >= 15 is 0 Å². The van der Waals surface area contributed by atoms with Crippen molar-refractivity contribution in [2.24, 2.45) is 22.2 Å². The Balaban J connectivity index is 2.62. The summed E-state index contributed by atoms with van der Waals surface area (Å²) in [4.78, 5) is 19.2. The summed E-state index contributed by atoms with van der Waals surface area (Å²) < 4.78 is -0.611. The smallest absolute Gasteiger partial charge is 0.233 e. The Morgan fingerprint density at radius 3 is 2.71 bits per heavy atom. The predicted molar refractivity (Wildman–Crippen MR) is 72.2 cm³/mol. The molecule has 0 aliphatic carbocycles. The molecule has 6 N–H and O–H groups in total. The molecule has 0 fully saturated rings. The lowest BCUT2D eigenvalue weighted by atomic mass is 10.2. The third kappa shape index (κ3) is 4.23. The monoisotopic (exact) mass is 273 g/mol.